The van der Waals surface area contributed by atoms with Crippen LogP contribution in [0, 0.1) is 0 Å². The molecule has 0 aromatic rings. The van der Waals surface area contributed by atoms with E-state index in [1.165, 1.54) is 0 Å². The van der Waals surface area contributed by atoms with Crippen LogP contribution in [0.1, 0.15) is 0 Å². The summed E-state index contributed by atoms with van der Waals surface area (Å²) < 4.78 is 22.8. The SMILES string of the molecule is O=S(O)O.[Ta].[Ta]. The smallest absolute Gasteiger partial charge is 0.284 e. The molecule has 3 nitrogen and oxygen atoms in total. The van der Waals surface area contributed by atoms with Gasteiger partial charge in [-0.25, -0.2) is 0 Å². The molecule has 0 aliphatic carbocycles. The molecule has 0 fully saturated rings. The van der Waals surface area contributed by atoms with Gasteiger partial charge in [-0.05, 0) is 0 Å². The van der Waals surface area contributed by atoms with Crippen LogP contribution in [0.25, 0.3) is 0 Å². The Bertz CT molecular complexity index is 31.8. The van der Waals surface area contributed by atoms with Crippen molar-refractivity contribution >= 4 is 11.4 Å². The summed E-state index contributed by atoms with van der Waals surface area (Å²) >= 11 is -2.61. The molecular weight excluding hydrogens is 442 g/mol. The first-order valence-electron chi connectivity index (χ1n) is 0.532. The monoisotopic (exact) mass is 444 g/mol. The Morgan fingerprint density at radius 1 is 1.17 bits per heavy atom. The van der Waals surface area contributed by atoms with E-state index in [1.54, 1.807) is 0 Å². The quantitative estimate of drug-likeness (QED) is 0.504. The van der Waals surface area contributed by atoms with Crippen LogP contribution in [-0.4, -0.2) is 13.3 Å². The van der Waals surface area contributed by atoms with Crippen molar-refractivity contribution in [3.8, 4) is 0 Å². The van der Waals surface area contributed by atoms with Gasteiger partial charge in [0.1, 0.15) is 0 Å². The summed E-state index contributed by atoms with van der Waals surface area (Å²) in [5, 5.41) is 0. The molecule has 0 aromatic carbocycles. The summed E-state index contributed by atoms with van der Waals surface area (Å²) in [4.78, 5) is 0. The van der Waals surface area contributed by atoms with Crippen LogP contribution in [0.3, 0.4) is 0 Å². The van der Waals surface area contributed by atoms with Crippen molar-refractivity contribution in [2.45, 2.75) is 0 Å². The minimum absolute atomic E-state index is 0. The van der Waals surface area contributed by atoms with Crippen molar-refractivity contribution < 1.29 is 58.1 Å². The summed E-state index contributed by atoms with van der Waals surface area (Å²) in [5.74, 6) is 0. The Morgan fingerprint density at radius 3 is 1.17 bits per heavy atom. The van der Waals surface area contributed by atoms with E-state index in [4.69, 9.17) is 13.3 Å². The van der Waals surface area contributed by atoms with Crippen molar-refractivity contribution in [2.75, 3.05) is 0 Å². The predicted molar refractivity (Wildman–Crippen MR) is 13.4 cm³/mol. The van der Waals surface area contributed by atoms with E-state index in [9.17, 15) is 0 Å². The zero-order chi connectivity index (χ0) is 3.58. The van der Waals surface area contributed by atoms with Crippen molar-refractivity contribution in [3.63, 3.8) is 0 Å². The van der Waals surface area contributed by atoms with E-state index in [-0.39, 0.29) is 44.8 Å². The fourth-order valence-corrected chi connectivity index (χ4v) is 0. The molecule has 0 rings (SSSR count). The maximum absolute atomic E-state index is 8.67. The van der Waals surface area contributed by atoms with Crippen LogP contribution < -0.4 is 0 Å². The van der Waals surface area contributed by atoms with Crippen LogP contribution in [0.15, 0.2) is 0 Å². The average molecular weight is 444 g/mol. The van der Waals surface area contributed by atoms with E-state index < -0.39 is 11.4 Å². The number of hydrogen-bond donors (Lipinski definition) is 2. The van der Waals surface area contributed by atoms with Gasteiger partial charge in [-0.1, -0.05) is 0 Å². The summed E-state index contributed by atoms with van der Waals surface area (Å²) in [6.45, 7) is 0. The van der Waals surface area contributed by atoms with Crippen LogP contribution >= 0.6 is 0 Å². The Balaban J connectivity index is -0.0000000450. The second kappa shape index (κ2) is 9.75. The van der Waals surface area contributed by atoms with E-state index in [0.29, 0.717) is 0 Å². The summed E-state index contributed by atoms with van der Waals surface area (Å²) in [6, 6.07) is 0. The molecule has 36 valence electrons. The molecule has 0 spiro atoms. The van der Waals surface area contributed by atoms with Crippen LogP contribution in [0.2, 0.25) is 0 Å². The maximum Gasteiger partial charge on any atom is 0.299 e. The fraction of sp³-hybridized carbons (Fsp3) is 0. The van der Waals surface area contributed by atoms with Crippen LogP contribution in [0.5, 0.6) is 0 Å². The third-order valence-electron chi connectivity index (χ3n) is 0. The van der Waals surface area contributed by atoms with Gasteiger partial charge in [0.05, 0.1) is 0 Å². The molecule has 0 aliphatic rings. The van der Waals surface area contributed by atoms with Gasteiger partial charge < -0.3 is 0 Å². The molecule has 0 heterocycles. The van der Waals surface area contributed by atoms with E-state index in [1.807, 2.05) is 0 Å². The normalized spacial score (nSPS) is 5.83. The van der Waals surface area contributed by atoms with Crippen molar-refractivity contribution in [2.24, 2.45) is 0 Å². The van der Waals surface area contributed by atoms with Gasteiger partial charge in [0, 0.05) is 44.8 Å². The van der Waals surface area contributed by atoms with Gasteiger partial charge >= 0.3 is 0 Å². The van der Waals surface area contributed by atoms with E-state index in [0.717, 1.165) is 0 Å². The molecular formula is H2O3STa2. The Morgan fingerprint density at radius 2 is 1.17 bits per heavy atom. The molecule has 0 bridgehead atoms. The zero-order valence-electron chi connectivity index (χ0n) is 2.61. The molecule has 0 saturated carbocycles. The first kappa shape index (κ1) is 15.6. The van der Waals surface area contributed by atoms with Gasteiger partial charge in [-0.3, -0.25) is 9.11 Å². The minimum Gasteiger partial charge on any atom is -0.284 e. The Hall–Kier alpha value is 1.55. The van der Waals surface area contributed by atoms with Gasteiger partial charge in [-0.15, -0.1) is 0 Å². The summed E-state index contributed by atoms with van der Waals surface area (Å²) in [7, 11) is 0. The molecule has 2 N–H and O–H groups in total. The van der Waals surface area contributed by atoms with E-state index >= 15 is 0 Å². The van der Waals surface area contributed by atoms with Crippen molar-refractivity contribution in [1.29, 1.82) is 0 Å². The molecule has 6 heavy (non-hydrogen) atoms. The van der Waals surface area contributed by atoms with Crippen LogP contribution in [0.4, 0.5) is 0 Å². The molecule has 6 heteroatoms. The molecule has 2 radical (unpaired) electrons. The molecule has 0 unspecified atom stereocenters. The molecule has 0 aromatic heterocycles. The summed E-state index contributed by atoms with van der Waals surface area (Å²) in [6.07, 6.45) is 0. The van der Waals surface area contributed by atoms with Crippen molar-refractivity contribution in [1.82, 2.24) is 0 Å². The van der Waals surface area contributed by atoms with Gasteiger partial charge in [0.2, 0.25) is 0 Å². The molecule has 0 aliphatic heterocycles. The molecule has 0 atom stereocenters. The second-order valence-corrected chi connectivity index (χ2v) is 0.692. The standard InChI is InChI=1S/H2O3S.2Ta/c1-4(2)3;;/h(H2,1,2,3);;. The molecule has 0 saturated heterocycles. The first-order valence-corrected chi connectivity index (χ1v) is 1.60. The van der Waals surface area contributed by atoms with Crippen molar-refractivity contribution in [3.05, 3.63) is 0 Å². The predicted octanol–water partition coefficient (Wildman–Crippen LogP) is -0.324. The Kier molecular flexibility index (Phi) is 25.4. The average Bonchev–Trinajstić information content (AvgIpc) is 0.811. The third kappa shape index (κ3) is 47.8. The first-order chi connectivity index (χ1) is 1.73. The topological polar surface area (TPSA) is 57.5 Å². The largest absolute Gasteiger partial charge is 0.299 e. The molecule has 0 amide bonds. The van der Waals surface area contributed by atoms with Gasteiger partial charge in [0.25, 0.3) is 11.4 Å². The summed E-state index contributed by atoms with van der Waals surface area (Å²) in [5.41, 5.74) is 0. The number of hydrogen-bond acceptors (Lipinski definition) is 1. The zero-order valence-corrected chi connectivity index (χ0v) is 9.85. The van der Waals surface area contributed by atoms with Crippen LogP contribution in [-0.2, 0) is 56.1 Å². The fourth-order valence-electron chi connectivity index (χ4n) is 0. The second-order valence-electron chi connectivity index (χ2n) is 0.231. The third-order valence-corrected chi connectivity index (χ3v) is 0. The minimum atomic E-state index is -2.61. The number of rotatable bonds is 0. The van der Waals surface area contributed by atoms with Gasteiger partial charge in [-0.2, -0.15) is 4.21 Å². The Labute approximate surface area is 69.0 Å². The van der Waals surface area contributed by atoms with Gasteiger partial charge in [0.15, 0.2) is 0 Å². The van der Waals surface area contributed by atoms with E-state index in [2.05, 4.69) is 0 Å². The maximum atomic E-state index is 8.67.